The van der Waals surface area contributed by atoms with E-state index >= 15 is 0 Å². The quantitative estimate of drug-likeness (QED) is 0.777. The average Bonchev–Trinajstić information content (AvgIpc) is 3.15. The molecule has 26 heavy (non-hydrogen) atoms. The number of nitrogens with zero attached hydrogens (tertiary/aromatic N) is 3. The van der Waals surface area contributed by atoms with Gasteiger partial charge in [-0.3, -0.25) is 9.59 Å². The monoisotopic (exact) mass is 376 g/mol. The van der Waals surface area contributed by atoms with Crippen LogP contribution in [0.5, 0.6) is 0 Å². The number of carbonyl (C=O) groups is 2. The van der Waals surface area contributed by atoms with Gasteiger partial charge in [-0.2, -0.15) is 0 Å². The van der Waals surface area contributed by atoms with Gasteiger partial charge in [0, 0.05) is 37.6 Å². The molecule has 1 aliphatic heterocycles. The van der Waals surface area contributed by atoms with E-state index in [2.05, 4.69) is 10.3 Å². The number of benzene rings is 1. The van der Waals surface area contributed by atoms with Crippen LogP contribution in [0.3, 0.4) is 0 Å². The number of rotatable bonds is 6. The van der Waals surface area contributed by atoms with Gasteiger partial charge in [-0.25, -0.2) is 4.98 Å². The molecular formula is C18H21ClN4O3. The van der Waals surface area contributed by atoms with Crippen LogP contribution in [0.1, 0.15) is 18.0 Å². The first kappa shape index (κ1) is 18.4. The number of likely N-dealkylation sites (N-methyl/N-ethyl adjacent to an activating group) is 1. The summed E-state index contributed by atoms with van der Waals surface area (Å²) in [6.45, 7) is 1.18. The Bertz CT molecular complexity index is 748. The van der Waals surface area contributed by atoms with E-state index in [9.17, 15) is 9.59 Å². The predicted molar refractivity (Wildman–Crippen MR) is 96.6 cm³/mol. The molecule has 0 unspecified atom stereocenters. The van der Waals surface area contributed by atoms with E-state index < -0.39 is 12.1 Å². The minimum atomic E-state index is -0.757. The minimum Gasteiger partial charge on any atom is -0.356 e. The number of amides is 2. The van der Waals surface area contributed by atoms with Gasteiger partial charge in [-0.1, -0.05) is 23.7 Å². The Balaban J connectivity index is 1.63. The maximum absolute atomic E-state index is 12.6. The number of hydrogen-bond acceptors (Lipinski definition) is 4. The summed E-state index contributed by atoms with van der Waals surface area (Å²) in [5, 5.41) is 3.50. The number of morpholine rings is 1. The average molecular weight is 377 g/mol. The number of imidazole rings is 1. The van der Waals surface area contributed by atoms with Gasteiger partial charge in [0.2, 0.25) is 5.91 Å². The first-order valence-electron chi connectivity index (χ1n) is 8.42. The van der Waals surface area contributed by atoms with Crippen molar-refractivity contribution in [3.05, 3.63) is 53.6 Å². The summed E-state index contributed by atoms with van der Waals surface area (Å²) in [5.74, 6) is -0.385. The Labute approximate surface area is 156 Å². The highest BCUT2D eigenvalue weighted by Gasteiger charge is 2.39. The number of ether oxygens (including phenoxy) is 1. The molecule has 2 heterocycles. The summed E-state index contributed by atoms with van der Waals surface area (Å²) >= 11 is 5.94. The smallest absolute Gasteiger partial charge is 0.251 e. The number of aryl methyl sites for hydroxylation is 1. The van der Waals surface area contributed by atoms with Crippen molar-refractivity contribution in [2.75, 3.05) is 20.2 Å². The highest BCUT2D eigenvalue weighted by Crippen LogP contribution is 2.30. The molecule has 1 aromatic heterocycles. The third-order valence-corrected chi connectivity index (χ3v) is 4.66. The van der Waals surface area contributed by atoms with Crippen molar-refractivity contribution in [1.29, 1.82) is 0 Å². The van der Waals surface area contributed by atoms with Crippen LogP contribution in [-0.2, 0) is 20.9 Å². The fraction of sp³-hybridized carbons (Fsp3) is 0.389. The minimum absolute atomic E-state index is 0.103. The number of halogens is 1. The summed E-state index contributed by atoms with van der Waals surface area (Å²) in [5.41, 5.74) is 0.809. The van der Waals surface area contributed by atoms with E-state index in [1.165, 1.54) is 0 Å². The van der Waals surface area contributed by atoms with E-state index in [1.807, 2.05) is 22.9 Å². The van der Waals surface area contributed by atoms with E-state index in [1.54, 1.807) is 36.6 Å². The summed E-state index contributed by atoms with van der Waals surface area (Å²) in [6.07, 6.45) is 5.35. The molecule has 0 aliphatic carbocycles. The molecule has 0 spiro atoms. The molecule has 3 rings (SSSR count). The Morgan fingerprint density at radius 2 is 2.15 bits per heavy atom. The van der Waals surface area contributed by atoms with Crippen molar-refractivity contribution in [1.82, 2.24) is 19.8 Å². The number of carbonyl (C=O) groups excluding carboxylic acids is 2. The fourth-order valence-electron chi connectivity index (χ4n) is 2.98. The van der Waals surface area contributed by atoms with Gasteiger partial charge < -0.3 is 19.5 Å². The molecule has 8 heteroatoms. The number of aromatic nitrogens is 2. The predicted octanol–water partition coefficient (Wildman–Crippen LogP) is 1.64. The van der Waals surface area contributed by atoms with E-state index in [0.717, 1.165) is 18.5 Å². The largest absolute Gasteiger partial charge is 0.356 e. The zero-order chi connectivity index (χ0) is 18.5. The summed E-state index contributed by atoms with van der Waals surface area (Å²) in [6, 6.07) is 6.62. The topological polar surface area (TPSA) is 76.5 Å². The molecule has 138 valence electrons. The molecule has 0 bridgehead atoms. The van der Waals surface area contributed by atoms with E-state index in [-0.39, 0.29) is 18.4 Å². The van der Waals surface area contributed by atoms with Crippen LogP contribution in [0.25, 0.3) is 0 Å². The zero-order valence-electron chi connectivity index (χ0n) is 14.5. The number of nitrogens with one attached hydrogen (secondary N) is 1. The van der Waals surface area contributed by atoms with Crippen molar-refractivity contribution in [2.45, 2.75) is 25.1 Å². The fourth-order valence-corrected chi connectivity index (χ4v) is 3.11. The molecule has 1 N–H and O–H groups in total. The van der Waals surface area contributed by atoms with Gasteiger partial charge in [0.05, 0.1) is 12.4 Å². The second kappa shape index (κ2) is 8.33. The molecular weight excluding hydrogens is 356 g/mol. The Kier molecular flexibility index (Phi) is 5.90. The van der Waals surface area contributed by atoms with Crippen molar-refractivity contribution >= 4 is 23.4 Å². The Morgan fingerprint density at radius 3 is 2.85 bits per heavy atom. The highest BCUT2D eigenvalue weighted by atomic mass is 35.5. The lowest BCUT2D eigenvalue weighted by Crippen LogP contribution is -2.53. The third kappa shape index (κ3) is 4.23. The van der Waals surface area contributed by atoms with Crippen LogP contribution in [-0.4, -0.2) is 52.6 Å². The molecule has 0 saturated carbocycles. The third-order valence-electron chi connectivity index (χ3n) is 4.41. The first-order valence-corrected chi connectivity index (χ1v) is 8.80. The number of hydrogen-bond donors (Lipinski definition) is 1. The Morgan fingerprint density at radius 1 is 1.38 bits per heavy atom. The maximum Gasteiger partial charge on any atom is 0.251 e. The van der Waals surface area contributed by atoms with Crippen LogP contribution >= 0.6 is 11.6 Å². The first-order chi connectivity index (χ1) is 12.6. The van der Waals surface area contributed by atoms with Crippen LogP contribution in [0.15, 0.2) is 43.0 Å². The second-order valence-corrected chi connectivity index (χ2v) is 6.61. The van der Waals surface area contributed by atoms with Crippen molar-refractivity contribution in [3.63, 3.8) is 0 Å². The van der Waals surface area contributed by atoms with Crippen molar-refractivity contribution in [3.8, 4) is 0 Å². The summed E-state index contributed by atoms with van der Waals surface area (Å²) in [7, 11) is 1.68. The molecule has 2 aromatic rings. The molecule has 1 fully saturated rings. The van der Waals surface area contributed by atoms with Gasteiger partial charge >= 0.3 is 0 Å². The van der Waals surface area contributed by atoms with Gasteiger partial charge in [-0.15, -0.1) is 0 Å². The summed E-state index contributed by atoms with van der Waals surface area (Å²) in [4.78, 5) is 30.2. The molecule has 7 nitrogen and oxygen atoms in total. The van der Waals surface area contributed by atoms with Gasteiger partial charge in [0.1, 0.15) is 6.61 Å². The van der Waals surface area contributed by atoms with Crippen LogP contribution in [0.4, 0.5) is 0 Å². The molecule has 0 radical (unpaired) electrons. The normalized spacial score (nSPS) is 20.2. The standard InChI is InChI=1S/C18H21ClN4O3/c1-22-15(24)11-26-17(16(22)13-3-5-14(19)6-4-13)18(25)21-7-2-9-23-10-8-20-12-23/h3-6,8,10,12,16-17H,2,7,9,11H2,1H3,(H,21,25)/t16-,17-/m0/s1. The van der Waals surface area contributed by atoms with Crippen molar-refractivity contribution < 1.29 is 14.3 Å². The molecule has 1 aromatic carbocycles. The van der Waals surface area contributed by atoms with Crippen molar-refractivity contribution in [2.24, 2.45) is 0 Å². The molecule has 2 atom stereocenters. The molecule has 2 amide bonds. The molecule has 1 saturated heterocycles. The lowest BCUT2D eigenvalue weighted by atomic mass is 9.97. The van der Waals surface area contributed by atoms with E-state index in [4.69, 9.17) is 16.3 Å². The van der Waals surface area contributed by atoms with Crippen LogP contribution < -0.4 is 5.32 Å². The summed E-state index contributed by atoms with van der Waals surface area (Å²) < 4.78 is 7.52. The maximum atomic E-state index is 12.6. The SMILES string of the molecule is CN1C(=O)CO[C@H](C(=O)NCCCn2ccnc2)[C@@H]1c1ccc(Cl)cc1. The van der Waals surface area contributed by atoms with Crippen LogP contribution in [0.2, 0.25) is 5.02 Å². The Hall–Kier alpha value is -2.38. The highest BCUT2D eigenvalue weighted by molar-refractivity contribution is 6.30. The van der Waals surface area contributed by atoms with E-state index in [0.29, 0.717) is 11.6 Å². The lowest BCUT2D eigenvalue weighted by Gasteiger charge is -2.38. The van der Waals surface area contributed by atoms with Gasteiger partial charge in [0.15, 0.2) is 6.10 Å². The van der Waals surface area contributed by atoms with Gasteiger partial charge in [0.25, 0.3) is 5.91 Å². The van der Waals surface area contributed by atoms with Gasteiger partial charge in [-0.05, 0) is 24.1 Å². The lowest BCUT2D eigenvalue weighted by molar-refractivity contribution is -0.162. The zero-order valence-corrected chi connectivity index (χ0v) is 15.2. The second-order valence-electron chi connectivity index (χ2n) is 6.18. The van der Waals surface area contributed by atoms with Crippen LogP contribution in [0, 0.1) is 0 Å². The molecule has 1 aliphatic rings.